The molecule has 0 aliphatic carbocycles. The van der Waals surface area contributed by atoms with Crippen LogP contribution < -0.4 is 5.32 Å². The van der Waals surface area contributed by atoms with Crippen LogP contribution in [0.5, 0.6) is 0 Å². The molecule has 0 atom stereocenters. The maximum atomic E-state index is 5.89. The maximum Gasteiger partial charge on any atom is 0.227 e. The van der Waals surface area contributed by atoms with E-state index in [1.165, 1.54) is 11.1 Å². The van der Waals surface area contributed by atoms with Crippen LogP contribution in [0.15, 0.2) is 71.1 Å². The average molecular weight is 340 g/mol. The van der Waals surface area contributed by atoms with Crippen LogP contribution in [0.4, 0.5) is 5.69 Å². The van der Waals surface area contributed by atoms with Crippen molar-refractivity contribution >= 4 is 28.9 Å². The zero-order chi connectivity index (χ0) is 17.9. The molecule has 0 spiro atoms. The van der Waals surface area contributed by atoms with E-state index >= 15 is 0 Å². The van der Waals surface area contributed by atoms with E-state index in [9.17, 15) is 0 Å². The standard InChI is InChI=1S/C23H20N2O/c1-16-3-14-21-22(15-16)26-23(25-21)19-10-6-17(7-11-19)4-5-18-8-12-20(24-2)13-9-18/h3-15,24H,1-2H3/b5-4+. The molecule has 4 rings (SSSR count). The fraction of sp³-hybridized carbons (Fsp3) is 0.0870. The van der Waals surface area contributed by atoms with Gasteiger partial charge in [0.25, 0.3) is 0 Å². The van der Waals surface area contributed by atoms with Gasteiger partial charge in [-0.15, -0.1) is 0 Å². The summed E-state index contributed by atoms with van der Waals surface area (Å²) in [5.41, 5.74) is 7.28. The molecule has 0 fully saturated rings. The SMILES string of the molecule is CNc1ccc(/C=C/c2ccc(-c3nc4ccc(C)cc4o3)cc2)cc1. The number of hydrogen-bond acceptors (Lipinski definition) is 3. The van der Waals surface area contributed by atoms with E-state index in [1.807, 2.05) is 37.4 Å². The Balaban J connectivity index is 1.54. The van der Waals surface area contributed by atoms with Crippen LogP contribution >= 0.6 is 0 Å². The molecule has 0 saturated heterocycles. The van der Waals surface area contributed by atoms with Crippen molar-refractivity contribution in [3.63, 3.8) is 0 Å². The van der Waals surface area contributed by atoms with E-state index in [0.717, 1.165) is 27.9 Å². The summed E-state index contributed by atoms with van der Waals surface area (Å²) in [6.45, 7) is 2.05. The van der Waals surface area contributed by atoms with Gasteiger partial charge in [-0.05, 0) is 60.0 Å². The Hall–Kier alpha value is -3.33. The summed E-state index contributed by atoms with van der Waals surface area (Å²) in [5.74, 6) is 0.656. The van der Waals surface area contributed by atoms with Gasteiger partial charge in [0.05, 0.1) is 0 Å². The predicted molar refractivity (Wildman–Crippen MR) is 109 cm³/mol. The summed E-state index contributed by atoms with van der Waals surface area (Å²) in [4.78, 5) is 4.57. The second-order valence-corrected chi connectivity index (χ2v) is 6.32. The Morgan fingerprint density at radius 2 is 1.50 bits per heavy atom. The normalized spacial score (nSPS) is 11.3. The minimum atomic E-state index is 0.656. The lowest BCUT2D eigenvalue weighted by Crippen LogP contribution is -1.86. The van der Waals surface area contributed by atoms with E-state index in [-0.39, 0.29) is 0 Å². The first-order valence-electron chi connectivity index (χ1n) is 8.65. The van der Waals surface area contributed by atoms with Crippen molar-refractivity contribution in [2.75, 3.05) is 12.4 Å². The largest absolute Gasteiger partial charge is 0.436 e. The molecule has 1 aromatic heterocycles. The van der Waals surface area contributed by atoms with Crippen molar-refractivity contribution in [1.29, 1.82) is 0 Å². The number of oxazole rings is 1. The minimum Gasteiger partial charge on any atom is -0.436 e. The lowest BCUT2D eigenvalue weighted by molar-refractivity contribution is 0.619. The second-order valence-electron chi connectivity index (χ2n) is 6.32. The highest BCUT2D eigenvalue weighted by Gasteiger charge is 2.07. The van der Waals surface area contributed by atoms with Gasteiger partial charge in [-0.1, -0.05) is 42.5 Å². The van der Waals surface area contributed by atoms with Gasteiger partial charge in [0.2, 0.25) is 5.89 Å². The van der Waals surface area contributed by atoms with Crippen molar-refractivity contribution < 1.29 is 4.42 Å². The van der Waals surface area contributed by atoms with Crippen LogP contribution in [-0.4, -0.2) is 12.0 Å². The summed E-state index contributed by atoms with van der Waals surface area (Å²) in [5, 5.41) is 3.12. The number of fused-ring (bicyclic) bond motifs is 1. The van der Waals surface area contributed by atoms with Gasteiger partial charge in [0, 0.05) is 18.3 Å². The summed E-state index contributed by atoms with van der Waals surface area (Å²) in [7, 11) is 1.92. The first kappa shape index (κ1) is 16.2. The zero-order valence-corrected chi connectivity index (χ0v) is 14.9. The first-order valence-corrected chi connectivity index (χ1v) is 8.65. The lowest BCUT2D eigenvalue weighted by Gasteiger charge is -2.00. The molecular weight excluding hydrogens is 320 g/mol. The molecule has 1 heterocycles. The van der Waals surface area contributed by atoms with Crippen molar-refractivity contribution in [2.24, 2.45) is 0 Å². The topological polar surface area (TPSA) is 38.1 Å². The van der Waals surface area contributed by atoms with Crippen molar-refractivity contribution in [1.82, 2.24) is 4.98 Å². The Morgan fingerprint density at radius 3 is 2.15 bits per heavy atom. The third-order valence-electron chi connectivity index (χ3n) is 4.37. The van der Waals surface area contributed by atoms with Crippen LogP contribution in [-0.2, 0) is 0 Å². The third-order valence-corrected chi connectivity index (χ3v) is 4.37. The smallest absolute Gasteiger partial charge is 0.227 e. The molecular formula is C23H20N2O. The lowest BCUT2D eigenvalue weighted by atomic mass is 10.1. The molecule has 0 aliphatic heterocycles. The van der Waals surface area contributed by atoms with Crippen molar-refractivity contribution in [3.05, 3.63) is 83.4 Å². The predicted octanol–water partition coefficient (Wildman–Crippen LogP) is 6.02. The molecule has 3 heteroatoms. The van der Waals surface area contributed by atoms with E-state index in [4.69, 9.17) is 4.42 Å². The molecule has 0 radical (unpaired) electrons. The molecule has 3 aromatic carbocycles. The molecule has 26 heavy (non-hydrogen) atoms. The molecule has 4 aromatic rings. The zero-order valence-electron chi connectivity index (χ0n) is 14.9. The molecule has 0 saturated carbocycles. The number of benzene rings is 3. The Bertz CT molecular complexity index is 1060. The summed E-state index contributed by atoms with van der Waals surface area (Å²) in [6.07, 6.45) is 4.21. The van der Waals surface area contributed by atoms with E-state index in [1.54, 1.807) is 0 Å². The molecule has 0 bridgehead atoms. The number of anilines is 1. The van der Waals surface area contributed by atoms with Crippen LogP contribution in [0.2, 0.25) is 0 Å². The van der Waals surface area contributed by atoms with Gasteiger partial charge < -0.3 is 9.73 Å². The monoisotopic (exact) mass is 340 g/mol. The molecule has 1 N–H and O–H groups in total. The molecule has 128 valence electrons. The number of rotatable bonds is 4. The van der Waals surface area contributed by atoms with Gasteiger partial charge in [0.1, 0.15) is 5.52 Å². The summed E-state index contributed by atoms with van der Waals surface area (Å²) < 4.78 is 5.89. The van der Waals surface area contributed by atoms with Crippen LogP contribution in [0.25, 0.3) is 34.7 Å². The Kier molecular flexibility index (Phi) is 4.28. The maximum absolute atomic E-state index is 5.89. The van der Waals surface area contributed by atoms with Gasteiger partial charge in [-0.25, -0.2) is 4.98 Å². The Morgan fingerprint density at radius 1 is 0.846 bits per heavy atom. The van der Waals surface area contributed by atoms with Gasteiger partial charge >= 0.3 is 0 Å². The van der Waals surface area contributed by atoms with Crippen LogP contribution in [0, 0.1) is 6.92 Å². The first-order chi connectivity index (χ1) is 12.7. The molecule has 0 unspecified atom stereocenters. The number of aryl methyl sites for hydroxylation is 1. The highest BCUT2D eigenvalue weighted by Crippen LogP contribution is 2.25. The van der Waals surface area contributed by atoms with Gasteiger partial charge in [-0.2, -0.15) is 0 Å². The second kappa shape index (κ2) is 6.89. The van der Waals surface area contributed by atoms with Crippen molar-refractivity contribution in [2.45, 2.75) is 6.92 Å². The fourth-order valence-corrected chi connectivity index (χ4v) is 2.85. The number of nitrogens with zero attached hydrogens (tertiary/aromatic N) is 1. The summed E-state index contributed by atoms with van der Waals surface area (Å²) >= 11 is 0. The highest BCUT2D eigenvalue weighted by atomic mass is 16.3. The third kappa shape index (κ3) is 3.38. The number of hydrogen-bond donors (Lipinski definition) is 1. The minimum absolute atomic E-state index is 0.656. The number of nitrogens with one attached hydrogen (secondary N) is 1. The van der Waals surface area contributed by atoms with E-state index in [2.05, 4.69) is 65.8 Å². The van der Waals surface area contributed by atoms with Crippen LogP contribution in [0.1, 0.15) is 16.7 Å². The Labute approximate surface area is 153 Å². The molecule has 0 amide bonds. The average Bonchev–Trinajstić information content (AvgIpc) is 3.10. The summed E-state index contributed by atoms with van der Waals surface area (Å²) in [6, 6.07) is 22.6. The molecule has 0 aliphatic rings. The van der Waals surface area contributed by atoms with Crippen LogP contribution in [0.3, 0.4) is 0 Å². The van der Waals surface area contributed by atoms with Gasteiger partial charge in [0.15, 0.2) is 5.58 Å². The van der Waals surface area contributed by atoms with E-state index < -0.39 is 0 Å². The van der Waals surface area contributed by atoms with Crippen molar-refractivity contribution in [3.8, 4) is 11.5 Å². The quantitative estimate of drug-likeness (QED) is 0.462. The fourth-order valence-electron chi connectivity index (χ4n) is 2.85. The number of aromatic nitrogens is 1. The van der Waals surface area contributed by atoms with Gasteiger partial charge in [-0.3, -0.25) is 0 Å². The van der Waals surface area contributed by atoms with E-state index in [0.29, 0.717) is 5.89 Å². The highest BCUT2D eigenvalue weighted by molar-refractivity contribution is 5.77. The molecule has 3 nitrogen and oxygen atoms in total.